The van der Waals surface area contributed by atoms with E-state index in [1.807, 2.05) is 36.6 Å². The first-order chi connectivity index (χ1) is 13.6. The van der Waals surface area contributed by atoms with Crippen molar-refractivity contribution in [3.63, 3.8) is 0 Å². The highest BCUT2D eigenvalue weighted by Crippen LogP contribution is 2.19. The SMILES string of the molecule is Cc1cccc(NC(=O)CSCC(=O)Nc2nc(CN3CCCCC3)cs2)c1. The van der Waals surface area contributed by atoms with Gasteiger partial charge in [-0.2, -0.15) is 0 Å². The summed E-state index contributed by atoms with van der Waals surface area (Å²) in [4.78, 5) is 31.0. The molecule has 6 nitrogen and oxygen atoms in total. The number of carbonyl (C=O) groups is 2. The number of thioether (sulfide) groups is 1. The number of amides is 2. The lowest BCUT2D eigenvalue weighted by Gasteiger charge is -2.25. The second kappa shape index (κ2) is 10.6. The summed E-state index contributed by atoms with van der Waals surface area (Å²) in [7, 11) is 0. The van der Waals surface area contributed by atoms with E-state index in [1.54, 1.807) is 0 Å². The molecule has 1 fully saturated rings. The summed E-state index contributed by atoms with van der Waals surface area (Å²) < 4.78 is 0. The van der Waals surface area contributed by atoms with E-state index in [4.69, 9.17) is 0 Å². The number of likely N-dealkylation sites (tertiary alicyclic amines) is 1. The van der Waals surface area contributed by atoms with E-state index in [0.29, 0.717) is 5.13 Å². The maximum atomic E-state index is 12.1. The number of piperidine rings is 1. The van der Waals surface area contributed by atoms with Crippen molar-refractivity contribution in [3.8, 4) is 0 Å². The monoisotopic (exact) mass is 418 g/mol. The highest BCUT2D eigenvalue weighted by molar-refractivity contribution is 8.00. The van der Waals surface area contributed by atoms with Gasteiger partial charge in [-0.05, 0) is 50.6 Å². The Morgan fingerprint density at radius 3 is 2.64 bits per heavy atom. The van der Waals surface area contributed by atoms with Crippen molar-refractivity contribution in [3.05, 3.63) is 40.9 Å². The summed E-state index contributed by atoms with van der Waals surface area (Å²) in [5, 5.41) is 8.30. The van der Waals surface area contributed by atoms with Gasteiger partial charge in [-0.15, -0.1) is 23.1 Å². The molecule has 1 aromatic carbocycles. The van der Waals surface area contributed by atoms with E-state index < -0.39 is 0 Å². The van der Waals surface area contributed by atoms with Crippen LogP contribution in [-0.2, 0) is 16.1 Å². The number of hydrogen-bond acceptors (Lipinski definition) is 6. The highest BCUT2D eigenvalue weighted by Gasteiger charge is 2.13. The lowest BCUT2D eigenvalue weighted by atomic mass is 10.1. The third-order valence-corrected chi connectivity index (χ3v) is 6.14. The molecule has 0 bridgehead atoms. The Labute approximate surface area is 174 Å². The van der Waals surface area contributed by atoms with Crippen LogP contribution in [0.3, 0.4) is 0 Å². The molecule has 1 aromatic heterocycles. The first-order valence-corrected chi connectivity index (χ1v) is 11.5. The molecule has 28 heavy (non-hydrogen) atoms. The topological polar surface area (TPSA) is 74.3 Å². The fraction of sp³-hybridized carbons (Fsp3) is 0.450. The number of aromatic nitrogens is 1. The zero-order valence-electron chi connectivity index (χ0n) is 16.1. The molecule has 0 saturated carbocycles. The third-order valence-electron chi connectivity index (χ3n) is 4.40. The van der Waals surface area contributed by atoms with E-state index in [9.17, 15) is 9.59 Å². The molecule has 1 aliphatic heterocycles. The third kappa shape index (κ3) is 6.92. The molecule has 150 valence electrons. The smallest absolute Gasteiger partial charge is 0.236 e. The van der Waals surface area contributed by atoms with Gasteiger partial charge in [0.2, 0.25) is 11.8 Å². The number of nitrogens with one attached hydrogen (secondary N) is 2. The number of benzene rings is 1. The largest absolute Gasteiger partial charge is 0.325 e. The lowest BCUT2D eigenvalue weighted by Crippen LogP contribution is -2.29. The molecule has 2 amide bonds. The van der Waals surface area contributed by atoms with Crippen molar-refractivity contribution in [1.82, 2.24) is 9.88 Å². The molecule has 1 saturated heterocycles. The maximum absolute atomic E-state index is 12.1. The molecule has 2 heterocycles. The molecule has 0 radical (unpaired) electrons. The van der Waals surface area contributed by atoms with Gasteiger partial charge >= 0.3 is 0 Å². The number of hydrogen-bond donors (Lipinski definition) is 2. The first kappa shape index (κ1) is 20.8. The average molecular weight is 419 g/mol. The summed E-state index contributed by atoms with van der Waals surface area (Å²) in [6, 6.07) is 7.65. The molecule has 3 rings (SSSR count). The number of aryl methyl sites for hydroxylation is 1. The molecule has 2 N–H and O–H groups in total. The van der Waals surface area contributed by atoms with Crippen LogP contribution in [0.1, 0.15) is 30.5 Å². The van der Waals surface area contributed by atoms with E-state index in [0.717, 1.165) is 36.6 Å². The molecule has 8 heteroatoms. The van der Waals surface area contributed by atoms with E-state index in [1.165, 1.54) is 42.4 Å². The van der Waals surface area contributed by atoms with E-state index >= 15 is 0 Å². The highest BCUT2D eigenvalue weighted by atomic mass is 32.2. The summed E-state index contributed by atoms with van der Waals surface area (Å²) in [5.74, 6) is 0.218. The van der Waals surface area contributed by atoms with Crippen LogP contribution in [0.25, 0.3) is 0 Å². The first-order valence-electron chi connectivity index (χ1n) is 9.49. The summed E-state index contributed by atoms with van der Waals surface area (Å²) in [6.07, 6.45) is 3.82. The predicted octanol–water partition coefficient (Wildman–Crippen LogP) is 3.75. The lowest BCUT2D eigenvalue weighted by molar-refractivity contribution is -0.114. The van der Waals surface area contributed by atoms with Crippen LogP contribution < -0.4 is 10.6 Å². The van der Waals surface area contributed by atoms with E-state index in [-0.39, 0.29) is 23.3 Å². The molecular formula is C20H26N4O2S2. The van der Waals surface area contributed by atoms with Gasteiger partial charge in [0, 0.05) is 17.6 Å². The minimum Gasteiger partial charge on any atom is -0.325 e. The molecule has 0 unspecified atom stereocenters. The number of thiazole rings is 1. The van der Waals surface area contributed by atoms with Crippen molar-refractivity contribution >= 4 is 45.7 Å². The van der Waals surface area contributed by atoms with Crippen molar-refractivity contribution < 1.29 is 9.59 Å². The Morgan fingerprint density at radius 2 is 1.89 bits per heavy atom. The zero-order chi connectivity index (χ0) is 19.8. The standard InChI is InChI=1S/C20H26N4O2S2/c1-15-6-5-7-16(10-15)21-18(25)13-27-14-19(26)23-20-22-17(12-28-20)11-24-8-3-2-4-9-24/h5-7,10,12H,2-4,8-9,11,13-14H2,1H3,(H,21,25)(H,22,23,26). The van der Waals surface area contributed by atoms with Crippen molar-refractivity contribution in [2.75, 3.05) is 35.2 Å². The van der Waals surface area contributed by atoms with Gasteiger partial charge < -0.3 is 10.6 Å². The molecular weight excluding hydrogens is 392 g/mol. The van der Waals surface area contributed by atoms with Gasteiger partial charge in [-0.3, -0.25) is 14.5 Å². The molecule has 0 atom stereocenters. The normalized spacial score (nSPS) is 14.6. The number of rotatable bonds is 8. The summed E-state index contributed by atoms with van der Waals surface area (Å²) in [5.41, 5.74) is 2.87. The molecule has 0 aliphatic carbocycles. The van der Waals surface area contributed by atoms with Crippen LogP contribution in [0, 0.1) is 6.92 Å². The van der Waals surface area contributed by atoms with Crippen molar-refractivity contribution in [2.24, 2.45) is 0 Å². The van der Waals surface area contributed by atoms with Crippen LogP contribution >= 0.6 is 23.1 Å². The Morgan fingerprint density at radius 1 is 1.14 bits per heavy atom. The average Bonchev–Trinajstić information content (AvgIpc) is 3.09. The van der Waals surface area contributed by atoms with Gasteiger partial charge in [0.25, 0.3) is 0 Å². The van der Waals surface area contributed by atoms with Crippen molar-refractivity contribution in [1.29, 1.82) is 0 Å². The number of carbonyl (C=O) groups excluding carboxylic acids is 2. The van der Waals surface area contributed by atoms with Crippen LogP contribution in [-0.4, -0.2) is 46.3 Å². The van der Waals surface area contributed by atoms with E-state index in [2.05, 4.69) is 20.5 Å². The predicted molar refractivity (Wildman–Crippen MR) is 117 cm³/mol. The van der Waals surface area contributed by atoms with Gasteiger partial charge in [-0.1, -0.05) is 18.6 Å². The zero-order valence-corrected chi connectivity index (χ0v) is 17.7. The fourth-order valence-electron chi connectivity index (χ4n) is 3.10. The molecule has 2 aromatic rings. The Balaban J connectivity index is 1.35. The van der Waals surface area contributed by atoms with Gasteiger partial charge in [-0.25, -0.2) is 4.98 Å². The van der Waals surface area contributed by atoms with Crippen LogP contribution in [0.4, 0.5) is 10.8 Å². The number of nitrogens with zero attached hydrogens (tertiary/aromatic N) is 2. The maximum Gasteiger partial charge on any atom is 0.236 e. The fourth-order valence-corrected chi connectivity index (χ4v) is 4.43. The van der Waals surface area contributed by atoms with Crippen LogP contribution in [0.2, 0.25) is 0 Å². The number of anilines is 2. The second-order valence-electron chi connectivity index (χ2n) is 6.94. The van der Waals surface area contributed by atoms with Gasteiger partial charge in [0.05, 0.1) is 17.2 Å². The quantitative estimate of drug-likeness (QED) is 0.683. The minimum absolute atomic E-state index is 0.110. The molecule has 1 aliphatic rings. The Hall–Kier alpha value is -1.90. The summed E-state index contributed by atoms with van der Waals surface area (Å²) >= 11 is 2.74. The molecule has 0 spiro atoms. The Bertz CT molecular complexity index is 803. The summed E-state index contributed by atoms with van der Waals surface area (Å²) in [6.45, 7) is 5.08. The van der Waals surface area contributed by atoms with Crippen molar-refractivity contribution in [2.45, 2.75) is 32.7 Å². The Kier molecular flexibility index (Phi) is 7.88. The minimum atomic E-state index is -0.132. The van der Waals surface area contributed by atoms with Gasteiger partial charge in [0.15, 0.2) is 5.13 Å². The van der Waals surface area contributed by atoms with Crippen LogP contribution in [0.15, 0.2) is 29.6 Å². The van der Waals surface area contributed by atoms with Gasteiger partial charge in [0.1, 0.15) is 0 Å². The van der Waals surface area contributed by atoms with Crippen LogP contribution in [0.5, 0.6) is 0 Å². The second-order valence-corrected chi connectivity index (χ2v) is 8.78.